The van der Waals surface area contributed by atoms with E-state index in [0.717, 1.165) is 30.6 Å². The molecular formula is C22H30O. The topological polar surface area (TPSA) is 17.1 Å². The van der Waals surface area contributed by atoms with Crippen molar-refractivity contribution >= 4 is 5.78 Å². The van der Waals surface area contributed by atoms with E-state index in [0.29, 0.717) is 23.0 Å². The molecule has 0 radical (unpaired) electrons. The highest BCUT2D eigenvalue weighted by atomic mass is 16.1. The van der Waals surface area contributed by atoms with Gasteiger partial charge in [0.1, 0.15) is 0 Å². The summed E-state index contributed by atoms with van der Waals surface area (Å²) >= 11 is 0. The minimum atomic E-state index is 0.373. The van der Waals surface area contributed by atoms with E-state index in [1.54, 1.807) is 0 Å². The van der Waals surface area contributed by atoms with Gasteiger partial charge in [-0.2, -0.15) is 0 Å². The number of hydrogen-bond donors (Lipinski definition) is 0. The van der Waals surface area contributed by atoms with Crippen molar-refractivity contribution in [3.05, 3.63) is 36.0 Å². The molecule has 0 aromatic carbocycles. The third kappa shape index (κ3) is 2.22. The first kappa shape index (κ1) is 15.4. The summed E-state index contributed by atoms with van der Waals surface area (Å²) in [7, 11) is 0. The Balaban J connectivity index is 1.64. The van der Waals surface area contributed by atoms with Crippen molar-refractivity contribution < 1.29 is 4.79 Å². The molecule has 0 saturated heterocycles. The summed E-state index contributed by atoms with van der Waals surface area (Å²) in [6, 6.07) is 0. The molecule has 4 aliphatic rings. The minimum absolute atomic E-state index is 0.373. The van der Waals surface area contributed by atoms with Crippen LogP contribution >= 0.6 is 0 Å². The molecule has 0 heterocycles. The van der Waals surface area contributed by atoms with Crippen LogP contribution in [0, 0.1) is 35.0 Å². The molecule has 23 heavy (non-hydrogen) atoms. The number of allylic oxidation sites excluding steroid dienone is 4. The maximum absolute atomic E-state index is 11.8. The van der Waals surface area contributed by atoms with Crippen LogP contribution in [-0.2, 0) is 4.79 Å². The van der Waals surface area contributed by atoms with E-state index < -0.39 is 0 Å². The number of carbonyl (C=O) groups is 1. The van der Waals surface area contributed by atoms with Crippen molar-refractivity contribution in [3.8, 4) is 0 Å². The molecule has 0 amide bonds. The van der Waals surface area contributed by atoms with E-state index in [9.17, 15) is 4.79 Å². The van der Waals surface area contributed by atoms with Crippen LogP contribution < -0.4 is 0 Å². The van der Waals surface area contributed by atoms with Crippen molar-refractivity contribution in [1.82, 2.24) is 0 Å². The highest BCUT2D eigenvalue weighted by molar-refractivity contribution is 5.91. The monoisotopic (exact) mass is 310 g/mol. The van der Waals surface area contributed by atoms with Gasteiger partial charge in [0.15, 0.2) is 5.78 Å². The third-order valence-electron chi connectivity index (χ3n) is 7.76. The van der Waals surface area contributed by atoms with Gasteiger partial charge in [0.25, 0.3) is 0 Å². The first-order chi connectivity index (χ1) is 11.0. The van der Waals surface area contributed by atoms with Crippen LogP contribution in [-0.4, -0.2) is 5.78 Å². The molecule has 0 aromatic heterocycles. The number of rotatable bonds is 1. The van der Waals surface area contributed by atoms with Gasteiger partial charge in [0.2, 0.25) is 0 Å². The van der Waals surface area contributed by atoms with Gasteiger partial charge in [-0.05, 0) is 80.6 Å². The largest absolute Gasteiger partial charge is 0.295 e. The Kier molecular flexibility index (Phi) is 3.66. The summed E-state index contributed by atoms with van der Waals surface area (Å²) in [5.74, 6) is 4.18. The first-order valence-electron chi connectivity index (χ1n) is 9.58. The summed E-state index contributed by atoms with van der Waals surface area (Å²) in [6.07, 6.45) is 15.0. The van der Waals surface area contributed by atoms with E-state index >= 15 is 0 Å². The van der Waals surface area contributed by atoms with Gasteiger partial charge in [-0.15, -0.1) is 0 Å². The second kappa shape index (κ2) is 5.46. The van der Waals surface area contributed by atoms with Crippen molar-refractivity contribution in [2.24, 2.45) is 35.0 Å². The Morgan fingerprint density at radius 2 is 2.04 bits per heavy atom. The SMILES string of the molecule is C=C1C[C@H]2[C@@H]3CCC4=CC(=O)CC[C@@H]4[C@H]3CC[C@]2(C)[C@@H]1/C=C/C. The molecule has 0 spiro atoms. The maximum atomic E-state index is 11.8. The summed E-state index contributed by atoms with van der Waals surface area (Å²) in [4.78, 5) is 11.8. The molecule has 3 saturated carbocycles. The van der Waals surface area contributed by atoms with Gasteiger partial charge in [0, 0.05) is 12.3 Å². The van der Waals surface area contributed by atoms with Crippen molar-refractivity contribution in [1.29, 1.82) is 0 Å². The lowest BCUT2D eigenvalue weighted by Crippen LogP contribution is -2.46. The Hall–Kier alpha value is -1.11. The van der Waals surface area contributed by atoms with Gasteiger partial charge in [-0.1, -0.05) is 36.8 Å². The van der Waals surface area contributed by atoms with Crippen molar-refractivity contribution in [3.63, 3.8) is 0 Å². The standard InChI is InChI=1S/C22H30O/c1-4-5-20-14(2)12-21-19-8-6-15-13-16(23)7-9-17(15)18(19)10-11-22(20,21)3/h4-5,13,17-21H,2,6-12H2,1,3H3/b5-4+/t17-,18+,19+,20+,21-,22+/m0/s1. The van der Waals surface area contributed by atoms with Crippen molar-refractivity contribution in [2.45, 2.75) is 58.8 Å². The van der Waals surface area contributed by atoms with Gasteiger partial charge in [0.05, 0.1) is 0 Å². The normalized spacial score (nSPS) is 46.3. The molecule has 3 fully saturated rings. The Labute approximate surface area is 140 Å². The number of hydrogen-bond acceptors (Lipinski definition) is 1. The van der Waals surface area contributed by atoms with E-state index in [4.69, 9.17) is 0 Å². The maximum Gasteiger partial charge on any atom is 0.155 e. The zero-order valence-electron chi connectivity index (χ0n) is 14.7. The first-order valence-corrected chi connectivity index (χ1v) is 9.58. The zero-order valence-corrected chi connectivity index (χ0v) is 14.7. The fourth-order valence-electron chi connectivity index (χ4n) is 6.72. The lowest BCUT2D eigenvalue weighted by molar-refractivity contribution is -0.116. The molecule has 124 valence electrons. The Morgan fingerprint density at radius 3 is 2.83 bits per heavy atom. The second-order valence-corrected chi connectivity index (χ2v) is 8.71. The Bertz CT molecular complexity index is 595. The summed E-state index contributed by atoms with van der Waals surface area (Å²) < 4.78 is 0. The van der Waals surface area contributed by atoms with Crippen LogP contribution in [0.1, 0.15) is 58.8 Å². The molecule has 0 aliphatic heterocycles. The van der Waals surface area contributed by atoms with Crippen LogP contribution in [0.15, 0.2) is 36.0 Å². The van der Waals surface area contributed by atoms with Crippen LogP contribution in [0.25, 0.3) is 0 Å². The van der Waals surface area contributed by atoms with E-state index in [1.807, 2.05) is 6.08 Å². The lowest BCUT2D eigenvalue weighted by atomic mass is 9.51. The third-order valence-corrected chi connectivity index (χ3v) is 7.76. The molecule has 1 heteroatoms. The summed E-state index contributed by atoms with van der Waals surface area (Å²) in [5.41, 5.74) is 3.39. The highest BCUT2D eigenvalue weighted by Gasteiger charge is 2.56. The molecule has 4 rings (SSSR count). The van der Waals surface area contributed by atoms with Crippen LogP contribution in [0.2, 0.25) is 0 Å². The molecule has 0 N–H and O–H groups in total. The van der Waals surface area contributed by atoms with Crippen LogP contribution in [0.3, 0.4) is 0 Å². The number of ketones is 1. The molecule has 0 unspecified atom stereocenters. The number of fused-ring (bicyclic) bond motifs is 5. The van der Waals surface area contributed by atoms with E-state index in [-0.39, 0.29) is 0 Å². The quantitative estimate of drug-likeness (QED) is 0.586. The van der Waals surface area contributed by atoms with Crippen molar-refractivity contribution in [2.75, 3.05) is 0 Å². The fraction of sp³-hybridized carbons (Fsp3) is 0.682. The van der Waals surface area contributed by atoms with E-state index in [1.165, 1.54) is 43.3 Å². The van der Waals surface area contributed by atoms with Gasteiger partial charge < -0.3 is 0 Å². The predicted octanol–water partition coefficient (Wildman–Crippen LogP) is 5.49. The smallest absolute Gasteiger partial charge is 0.155 e. The molecular weight excluding hydrogens is 280 g/mol. The summed E-state index contributed by atoms with van der Waals surface area (Å²) in [5, 5.41) is 0. The fourth-order valence-corrected chi connectivity index (χ4v) is 6.72. The van der Waals surface area contributed by atoms with E-state index in [2.05, 4.69) is 32.6 Å². The molecule has 0 bridgehead atoms. The average Bonchev–Trinajstić information content (AvgIpc) is 2.79. The zero-order chi connectivity index (χ0) is 16.2. The molecule has 0 aromatic rings. The Morgan fingerprint density at radius 1 is 1.22 bits per heavy atom. The van der Waals surface area contributed by atoms with Gasteiger partial charge in [-0.3, -0.25) is 4.79 Å². The van der Waals surface area contributed by atoms with Gasteiger partial charge >= 0.3 is 0 Å². The number of carbonyl (C=O) groups excluding carboxylic acids is 1. The minimum Gasteiger partial charge on any atom is -0.295 e. The second-order valence-electron chi connectivity index (χ2n) is 8.71. The molecule has 1 nitrogen and oxygen atoms in total. The van der Waals surface area contributed by atoms with Crippen LogP contribution in [0.4, 0.5) is 0 Å². The molecule has 4 aliphatic carbocycles. The van der Waals surface area contributed by atoms with Gasteiger partial charge in [-0.25, -0.2) is 0 Å². The molecule has 6 atom stereocenters. The van der Waals surface area contributed by atoms with Crippen LogP contribution in [0.5, 0.6) is 0 Å². The summed E-state index contributed by atoms with van der Waals surface area (Å²) in [6.45, 7) is 9.12. The predicted molar refractivity (Wildman–Crippen MR) is 94.9 cm³/mol. The highest BCUT2D eigenvalue weighted by Crippen LogP contribution is 2.64. The average molecular weight is 310 g/mol. The lowest BCUT2D eigenvalue weighted by Gasteiger charge is -2.53.